The molecule has 0 unspecified atom stereocenters. The second-order valence-corrected chi connectivity index (χ2v) is 5.46. The highest BCUT2D eigenvalue weighted by Crippen LogP contribution is 2.25. The molecule has 6 heteroatoms. The summed E-state index contributed by atoms with van der Waals surface area (Å²) in [6, 6.07) is 3.73. The molecule has 0 aliphatic heterocycles. The van der Waals surface area contributed by atoms with Crippen molar-refractivity contribution in [2.45, 2.75) is 44.8 Å². The van der Waals surface area contributed by atoms with Crippen LogP contribution >= 0.6 is 0 Å². The number of halogens is 1. The standard InChI is InChI=1S/C16H24FN3O2/c1-3-20(2)12-19-13-4-9-16(18-10-13)22-15-7-5-14(6-8-15)21-11-17/h4,9-10,12,14-15H,3,5-8,11H2,1-2H3. The van der Waals surface area contributed by atoms with E-state index in [1.54, 1.807) is 12.5 Å². The summed E-state index contributed by atoms with van der Waals surface area (Å²) in [5.41, 5.74) is 0.799. The number of pyridine rings is 1. The number of hydrogen-bond donors (Lipinski definition) is 0. The molecule has 5 nitrogen and oxygen atoms in total. The van der Waals surface area contributed by atoms with Crippen molar-refractivity contribution in [1.82, 2.24) is 9.88 Å². The molecule has 0 bridgehead atoms. The minimum Gasteiger partial charge on any atom is -0.474 e. The Labute approximate surface area is 131 Å². The normalized spacial score (nSPS) is 22.0. The molecule has 0 atom stereocenters. The summed E-state index contributed by atoms with van der Waals surface area (Å²) in [6.07, 6.45) is 7.05. The molecule has 0 spiro atoms. The second-order valence-electron chi connectivity index (χ2n) is 5.46. The third-order valence-electron chi connectivity index (χ3n) is 3.83. The molecular weight excluding hydrogens is 285 g/mol. The molecule has 1 aliphatic rings. The lowest BCUT2D eigenvalue weighted by molar-refractivity contribution is -0.0374. The van der Waals surface area contributed by atoms with E-state index >= 15 is 0 Å². The summed E-state index contributed by atoms with van der Waals surface area (Å²) in [4.78, 5) is 10.6. The van der Waals surface area contributed by atoms with Gasteiger partial charge in [-0.3, -0.25) is 0 Å². The highest BCUT2D eigenvalue weighted by atomic mass is 19.1. The molecule has 0 saturated heterocycles. The minimum atomic E-state index is -0.701. The van der Waals surface area contributed by atoms with E-state index in [1.807, 2.05) is 24.1 Å². The van der Waals surface area contributed by atoms with Gasteiger partial charge < -0.3 is 14.4 Å². The zero-order valence-corrected chi connectivity index (χ0v) is 13.2. The molecule has 1 heterocycles. The van der Waals surface area contributed by atoms with Gasteiger partial charge in [-0.1, -0.05) is 0 Å². The lowest BCUT2D eigenvalue weighted by atomic mass is 9.95. The van der Waals surface area contributed by atoms with Crippen LogP contribution in [0.5, 0.6) is 5.88 Å². The highest BCUT2D eigenvalue weighted by Gasteiger charge is 2.23. The van der Waals surface area contributed by atoms with Crippen molar-refractivity contribution in [3.05, 3.63) is 18.3 Å². The largest absolute Gasteiger partial charge is 0.474 e. The quantitative estimate of drug-likeness (QED) is 0.572. The third kappa shape index (κ3) is 5.26. The predicted octanol–water partition coefficient (Wildman–Crippen LogP) is 3.33. The SMILES string of the molecule is CCN(C)C=Nc1ccc(OC2CCC(OCF)CC2)nc1. The summed E-state index contributed by atoms with van der Waals surface area (Å²) in [6.45, 7) is 2.27. The Bertz CT molecular complexity index is 459. The van der Waals surface area contributed by atoms with Crippen LogP contribution in [0.4, 0.5) is 10.1 Å². The first-order chi connectivity index (χ1) is 10.7. The zero-order valence-electron chi connectivity index (χ0n) is 13.2. The van der Waals surface area contributed by atoms with E-state index in [2.05, 4.69) is 16.9 Å². The molecule has 1 aromatic rings. The Hall–Kier alpha value is -1.69. The van der Waals surface area contributed by atoms with Gasteiger partial charge in [0.25, 0.3) is 0 Å². The Balaban J connectivity index is 1.81. The van der Waals surface area contributed by atoms with Crippen molar-refractivity contribution < 1.29 is 13.9 Å². The first-order valence-corrected chi connectivity index (χ1v) is 7.76. The number of hydrogen-bond acceptors (Lipinski definition) is 4. The van der Waals surface area contributed by atoms with E-state index in [1.165, 1.54) is 0 Å². The monoisotopic (exact) mass is 309 g/mol. The molecule has 1 fully saturated rings. The molecule has 0 radical (unpaired) electrons. The van der Waals surface area contributed by atoms with Crippen LogP contribution in [0, 0.1) is 0 Å². The summed E-state index contributed by atoms with van der Waals surface area (Å²) in [5, 5.41) is 0. The van der Waals surface area contributed by atoms with Crippen molar-refractivity contribution in [3.63, 3.8) is 0 Å². The Morgan fingerprint density at radius 3 is 2.64 bits per heavy atom. The van der Waals surface area contributed by atoms with Gasteiger partial charge in [0.2, 0.25) is 5.88 Å². The summed E-state index contributed by atoms with van der Waals surface area (Å²) in [5.74, 6) is 0.609. The number of aliphatic imine (C=N–C) groups is 1. The van der Waals surface area contributed by atoms with Gasteiger partial charge in [0.05, 0.1) is 24.3 Å². The van der Waals surface area contributed by atoms with Gasteiger partial charge in [-0.25, -0.2) is 14.4 Å². The van der Waals surface area contributed by atoms with Crippen LogP contribution < -0.4 is 4.74 Å². The average molecular weight is 309 g/mol. The fourth-order valence-electron chi connectivity index (χ4n) is 2.34. The fraction of sp³-hybridized carbons (Fsp3) is 0.625. The van der Waals surface area contributed by atoms with Crippen LogP contribution in [0.1, 0.15) is 32.6 Å². The lowest BCUT2D eigenvalue weighted by Gasteiger charge is -2.27. The molecule has 22 heavy (non-hydrogen) atoms. The van der Waals surface area contributed by atoms with Crippen LogP contribution in [0.15, 0.2) is 23.3 Å². The smallest absolute Gasteiger partial charge is 0.213 e. The van der Waals surface area contributed by atoms with Crippen LogP contribution in [-0.4, -0.2) is 48.9 Å². The van der Waals surface area contributed by atoms with E-state index < -0.39 is 6.86 Å². The van der Waals surface area contributed by atoms with Gasteiger partial charge in [0, 0.05) is 19.7 Å². The number of alkyl halides is 1. The summed E-state index contributed by atoms with van der Waals surface area (Å²) < 4.78 is 23.0. The molecular formula is C16H24FN3O2. The van der Waals surface area contributed by atoms with Gasteiger partial charge in [0.1, 0.15) is 6.10 Å². The van der Waals surface area contributed by atoms with Crippen molar-refractivity contribution >= 4 is 12.0 Å². The maximum absolute atomic E-state index is 12.1. The molecule has 122 valence electrons. The first-order valence-electron chi connectivity index (χ1n) is 7.76. The van der Waals surface area contributed by atoms with Gasteiger partial charge in [0.15, 0.2) is 6.86 Å². The van der Waals surface area contributed by atoms with E-state index in [4.69, 9.17) is 9.47 Å². The van der Waals surface area contributed by atoms with Gasteiger partial charge in [-0.2, -0.15) is 0 Å². The maximum Gasteiger partial charge on any atom is 0.213 e. The molecule has 0 amide bonds. The fourth-order valence-corrected chi connectivity index (χ4v) is 2.34. The minimum absolute atomic E-state index is 0.0325. The topological polar surface area (TPSA) is 47.0 Å². The van der Waals surface area contributed by atoms with E-state index in [-0.39, 0.29) is 12.2 Å². The van der Waals surface area contributed by atoms with Crippen molar-refractivity contribution in [1.29, 1.82) is 0 Å². The predicted molar refractivity (Wildman–Crippen MR) is 84.4 cm³/mol. The van der Waals surface area contributed by atoms with E-state index in [0.29, 0.717) is 5.88 Å². The van der Waals surface area contributed by atoms with Crippen molar-refractivity contribution in [2.75, 3.05) is 20.5 Å². The molecule has 1 aromatic heterocycles. The van der Waals surface area contributed by atoms with Gasteiger partial charge in [-0.05, 0) is 38.7 Å². The first kappa shape index (κ1) is 16.7. The summed E-state index contributed by atoms with van der Waals surface area (Å²) >= 11 is 0. The van der Waals surface area contributed by atoms with E-state index in [9.17, 15) is 4.39 Å². The van der Waals surface area contributed by atoms with Gasteiger partial charge >= 0.3 is 0 Å². The number of aromatic nitrogens is 1. The van der Waals surface area contributed by atoms with E-state index in [0.717, 1.165) is 37.9 Å². The third-order valence-corrected chi connectivity index (χ3v) is 3.83. The molecule has 0 N–H and O–H groups in total. The maximum atomic E-state index is 12.1. The number of ether oxygens (including phenoxy) is 2. The van der Waals surface area contributed by atoms with Crippen molar-refractivity contribution in [3.8, 4) is 5.88 Å². The average Bonchev–Trinajstić information content (AvgIpc) is 2.56. The van der Waals surface area contributed by atoms with Crippen LogP contribution in [0.3, 0.4) is 0 Å². The highest BCUT2D eigenvalue weighted by molar-refractivity contribution is 5.60. The lowest BCUT2D eigenvalue weighted by Crippen LogP contribution is -2.28. The van der Waals surface area contributed by atoms with Crippen LogP contribution in [-0.2, 0) is 4.74 Å². The van der Waals surface area contributed by atoms with Crippen LogP contribution in [0.25, 0.3) is 0 Å². The number of rotatable bonds is 7. The molecule has 0 aromatic carbocycles. The molecule has 2 rings (SSSR count). The van der Waals surface area contributed by atoms with Crippen LogP contribution in [0.2, 0.25) is 0 Å². The second kappa shape index (κ2) is 8.68. The van der Waals surface area contributed by atoms with Gasteiger partial charge in [-0.15, -0.1) is 0 Å². The Morgan fingerprint density at radius 1 is 1.32 bits per heavy atom. The van der Waals surface area contributed by atoms with Crippen molar-refractivity contribution in [2.24, 2.45) is 4.99 Å². The zero-order chi connectivity index (χ0) is 15.8. The molecule has 1 saturated carbocycles. The Kier molecular flexibility index (Phi) is 6.58. The summed E-state index contributed by atoms with van der Waals surface area (Å²) in [7, 11) is 1.97. The number of nitrogens with zero attached hydrogens (tertiary/aromatic N) is 3. The Morgan fingerprint density at radius 2 is 2.05 bits per heavy atom. The molecule has 1 aliphatic carbocycles.